The van der Waals surface area contributed by atoms with Gasteiger partial charge in [0.1, 0.15) is 10.7 Å². The minimum absolute atomic E-state index is 0.0521. The highest BCUT2D eigenvalue weighted by Crippen LogP contribution is 2.36. The molecule has 0 N–H and O–H groups in total. The third-order valence-electron chi connectivity index (χ3n) is 4.39. The predicted molar refractivity (Wildman–Crippen MR) is 79.4 cm³/mol. The number of sulfonamides is 1. The van der Waals surface area contributed by atoms with Crippen molar-refractivity contribution in [2.45, 2.75) is 36.7 Å². The van der Waals surface area contributed by atoms with E-state index in [4.69, 9.17) is 11.6 Å². The average molecular weight is 333 g/mol. The van der Waals surface area contributed by atoms with Crippen molar-refractivity contribution in [3.05, 3.63) is 29.0 Å². The van der Waals surface area contributed by atoms with E-state index in [1.807, 2.05) is 0 Å². The molecule has 0 aromatic heterocycles. The van der Waals surface area contributed by atoms with Gasteiger partial charge in [-0.1, -0.05) is 18.5 Å². The normalized spacial score (nSPS) is 27.2. The summed E-state index contributed by atoms with van der Waals surface area (Å²) in [6.07, 6.45) is 1.69. The van der Waals surface area contributed by atoms with Crippen LogP contribution in [0.5, 0.6) is 0 Å². The summed E-state index contributed by atoms with van der Waals surface area (Å²) in [6.45, 7) is 4.43. The number of hydrogen-bond donors (Lipinski definition) is 0. The van der Waals surface area contributed by atoms with Gasteiger partial charge in [0.15, 0.2) is 0 Å². The highest BCUT2D eigenvalue weighted by atomic mass is 35.5. The number of rotatable bonds is 3. The lowest BCUT2D eigenvalue weighted by Gasteiger charge is -2.39. The molecule has 1 aromatic rings. The maximum absolute atomic E-state index is 14.0. The van der Waals surface area contributed by atoms with E-state index < -0.39 is 15.8 Å². The molecule has 2 aliphatic rings. The maximum atomic E-state index is 14.0. The van der Waals surface area contributed by atoms with Crippen molar-refractivity contribution in [3.8, 4) is 0 Å². The lowest BCUT2D eigenvalue weighted by Crippen LogP contribution is -2.55. The van der Waals surface area contributed by atoms with Crippen LogP contribution in [0.1, 0.15) is 19.8 Å². The fourth-order valence-electron chi connectivity index (χ4n) is 3.40. The first kappa shape index (κ1) is 15.2. The molecule has 0 radical (unpaired) electrons. The average Bonchev–Trinajstić information content (AvgIpc) is 2.70. The molecule has 4 nitrogen and oxygen atoms in total. The van der Waals surface area contributed by atoms with E-state index in [0.717, 1.165) is 38.5 Å². The van der Waals surface area contributed by atoms with Crippen molar-refractivity contribution in [1.29, 1.82) is 0 Å². The van der Waals surface area contributed by atoms with Crippen molar-refractivity contribution in [2.24, 2.45) is 0 Å². The smallest absolute Gasteiger partial charge is 0.246 e. The number of halogens is 2. The molecule has 2 aliphatic heterocycles. The number of piperazine rings is 1. The van der Waals surface area contributed by atoms with Crippen LogP contribution in [0.4, 0.5) is 4.39 Å². The third kappa shape index (κ3) is 2.59. The molecule has 21 heavy (non-hydrogen) atoms. The van der Waals surface area contributed by atoms with Gasteiger partial charge in [-0.05, 0) is 37.6 Å². The molecule has 2 unspecified atom stereocenters. The van der Waals surface area contributed by atoms with E-state index in [0.29, 0.717) is 0 Å². The zero-order valence-electron chi connectivity index (χ0n) is 11.8. The van der Waals surface area contributed by atoms with Crippen LogP contribution >= 0.6 is 11.6 Å². The molecule has 2 saturated heterocycles. The molecule has 1 aromatic carbocycles. The van der Waals surface area contributed by atoms with Gasteiger partial charge in [-0.2, -0.15) is 4.31 Å². The summed E-state index contributed by atoms with van der Waals surface area (Å²) in [4.78, 5) is 1.99. The summed E-state index contributed by atoms with van der Waals surface area (Å²) in [5.41, 5.74) is 0. The minimum atomic E-state index is -3.80. The van der Waals surface area contributed by atoms with E-state index in [9.17, 15) is 12.8 Å². The summed E-state index contributed by atoms with van der Waals surface area (Å²) in [5, 5.41) is 0.199. The standard InChI is InChI=1S/C14H18ClFN2O2S/c1-2-17-8-11-4-5-12(9-17)18(11)21(19,20)14-6-3-10(15)7-13(14)16/h3,6-7,11-12H,2,4-5,8-9H2,1H3. The third-order valence-corrected chi connectivity index (χ3v) is 6.66. The summed E-state index contributed by atoms with van der Waals surface area (Å²) in [7, 11) is -3.80. The number of benzene rings is 1. The second-order valence-corrected chi connectivity index (χ2v) is 7.89. The van der Waals surface area contributed by atoms with Crippen LogP contribution in [0.25, 0.3) is 0 Å². The van der Waals surface area contributed by atoms with Crippen LogP contribution in [-0.2, 0) is 10.0 Å². The van der Waals surface area contributed by atoms with Gasteiger partial charge >= 0.3 is 0 Å². The summed E-state index contributed by atoms with van der Waals surface area (Å²) < 4.78 is 41.1. The summed E-state index contributed by atoms with van der Waals surface area (Å²) in [6, 6.07) is 3.63. The Morgan fingerprint density at radius 3 is 2.43 bits per heavy atom. The topological polar surface area (TPSA) is 40.6 Å². The first-order valence-electron chi connectivity index (χ1n) is 7.14. The Kier molecular flexibility index (Phi) is 3.98. The van der Waals surface area contributed by atoms with E-state index in [-0.39, 0.29) is 22.0 Å². The Labute approximate surface area is 129 Å². The Balaban J connectivity index is 1.96. The van der Waals surface area contributed by atoms with E-state index >= 15 is 0 Å². The molecular formula is C14H18ClFN2O2S. The van der Waals surface area contributed by atoms with Crippen molar-refractivity contribution in [3.63, 3.8) is 0 Å². The van der Waals surface area contributed by atoms with Gasteiger partial charge in [0.2, 0.25) is 10.0 Å². The number of likely N-dealkylation sites (tertiary alicyclic amines) is 1. The number of hydrogen-bond acceptors (Lipinski definition) is 3. The molecule has 116 valence electrons. The Hall–Kier alpha value is -0.690. The molecule has 2 atom stereocenters. The van der Waals surface area contributed by atoms with Crippen molar-refractivity contribution in [1.82, 2.24) is 9.21 Å². The van der Waals surface area contributed by atoms with Crippen LogP contribution in [0, 0.1) is 5.82 Å². The van der Waals surface area contributed by atoms with Gasteiger partial charge in [-0.15, -0.1) is 0 Å². The molecule has 0 aliphatic carbocycles. The number of fused-ring (bicyclic) bond motifs is 2. The van der Waals surface area contributed by atoms with Crippen molar-refractivity contribution in [2.75, 3.05) is 19.6 Å². The molecule has 0 amide bonds. The van der Waals surface area contributed by atoms with Gasteiger partial charge in [0.25, 0.3) is 0 Å². The van der Waals surface area contributed by atoms with Gasteiger partial charge in [-0.3, -0.25) is 0 Å². The fraction of sp³-hybridized carbons (Fsp3) is 0.571. The maximum Gasteiger partial charge on any atom is 0.246 e. The van der Waals surface area contributed by atoms with Crippen LogP contribution in [-0.4, -0.2) is 49.3 Å². The first-order valence-corrected chi connectivity index (χ1v) is 8.96. The van der Waals surface area contributed by atoms with Crippen molar-refractivity contribution < 1.29 is 12.8 Å². The van der Waals surface area contributed by atoms with Crippen molar-refractivity contribution >= 4 is 21.6 Å². The Bertz CT molecular complexity index is 638. The Morgan fingerprint density at radius 2 is 1.90 bits per heavy atom. The lowest BCUT2D eigenvalue weighted by atomic mass is 10.2. The van der Waals surface area contributed by atoms with E-state index in [1.54, 1.807) is 0 Å². The van der Waals surface area contributed by atoms with Gasteiger partial charge < -0.3 is 4.90 Å². The molecular weight excluding hydrogens is 315 g/mol. The number of likely N-dealkylation sites (N-methyl/N-ethyl adjacent to an activating group) is 1. The molecule has 2 bridgehead atoms. The highest BCUT2D eigenvalue weighted by Gasteiger charge is 2.46. The summed E-state index contributed by atoms with van der Waals surface area (Å²) in [5.74, 6) is -0.778. The van der Waals surface area contributed by atoms with Crippen LogP contribution in [0.2, 0.25) is 5.02 Å². The zero-order valence-corrected chi connectivity index (χ0v) is 13.4. The molecule has 0 spiro atoms. The first-order chi connectivity index (χ1) is 9.93. The molecule has 0 saturated carbocycles. The van der Waals surface area contributed by atoms with Gasteiger partial charge in [-0.25, -0.2) is 12.8 Å². The predicted octanol–water partition coefficient (Wildman–Crippen LogP) is 2.34. The monoisotopic (exact) mass is 332 g/mol. The largest absolute Gasteiger partial charge is 0.300 e. The van der Waals surface area contributed by atoms with Crippen LogP contribution in [0.15, 0.2) is 23.1 Å². The SMILES string of the molecule is CCN1CC2CCC(C1)N2S(=O)(=O)c1ccc(Cl)cc1F. The lowest BCUT2D eigenvalue weighted by molar-refractivity contribution is 0.134. The quantitative estimate of drug-likeness (QED) is 0.853. The molecule has 7 heteroatoms. The fourth-order valence-corrected chi connectivity index (χ4v) is 5.46. The molecule has 3 rings (SSSR count). The van der Waals surface area contributed by atoms with Crippen LogP contribution < -0.4 is 0 Å². The molecule has 2 heterocycles. The van der Waals surface area contributed by atoms with E-state index in [1.165, 1.54) is 16.4 Å². The number of nitrogens with zero attached hydrogens (tertiary/aromatic N) is 2. The van der Waals surface area contributed by atoms with Crippen LogP contribution in [0.3, 0.4) is 0 Å². The highest BCUT2D eigenvalue weighted by molar-refractivity contribution is 7.89. The second-order valence-electron chi connectivity index (χ2n) is 5.65. The molecule has 2 fully saturated rings. The Morgan fingerprint density at radius 1 is 1.29 bits per heavy atom. The summed E-state index contributed by atoms with van der Waals surface area (Å²) >= 11 is 5.71. The van der Waals surface area contributed by atoms with Gasteiger partial charge in [0.05, 0.1) is 0 Å². The zero-order chi connectivity index (χ0) is 15.2. The minimum Gasteiger partial charge on any atom is -0.300 e. The second kappa shape index (κ2) is 5.50. The van der Waals surface area contributed by atoms with E-state index in [2.05, 4.69) is 11.8 Å². The van der Waals surface area contributed by atoms with Gasteiger partial charge in [0, 0.05) is 30.2 Å².